The van der Waals surface area contributed by atoms with Crippen molar-refractivity contribution in [1.82, 2.24) is 9.80 Å². The van der Waals surface area contributed by atoms with Crippen LogP contribution < -0.4 is 10.5 Å². The van der Waals surface area contributed by atoms with Crippen LogP contribution in [0.2, 0.25) is 0 Å². The molecule has 1 aromatic rings. The molecule has 0 saturated carbocycles. The monoisotopic (exact) mass is 359 g/mol. The van der Waals surface area contributed by atoms with Crippen molar-refractivity contribution < 1.29 is 14.3 Å². The van der Waals surface area contributed by atoms with Gasteiger partial charge in [0, 0.05) is 32.0 Å². The molecule has 1 fully saturated rings. The molecule has 0 atom stereocenters. The first-order chi connectivity index (χ1) is 12.6. The Labute approximate surface area is 155 Å². The molecule has 26 heavy (non-hydrogen) atoms. The predicted molar refractivity (Wildman–Crippen MR) is 100.0 cm³/mol. The highest BCUT2D eigenvalue weighted by Crippen LogP contribution is 2.22. The minimum atomic E-state index is -0.193. The molecule has 2 heterocycles. The van der Waals surface area contributed by atoms with Crippen molar-refractivity contribution in [2.24, 2.45) is 11.7 Å². The van der Waals surface area contributed by atoms with Gasteiger partial charge in [0.1, 0.15) is 5.75 Å². The Morgan fingerprint density at radius 2 is 1.81 bits per heavy atom. The minimum absolute atomic E-state index is 0.00283. The fourth-order valence-electron chi connectivity index (χ4n) is 3.93. The Balaban J connectivity index is 1.47. The third kappa shape index (κ3) is 4.55. The van der Waals surface area contributed by atoms with Gasteiger partial charge in [-0.2, -0.15) is 0 Å². The molecular weight excluding hydrogens is 330 g/mol. The van der Waals surface area contributed by atoms with Gasteiger partial charge in [-0.05, 0) is 62.0 Å². The van der Waals surface area contributed by atoms with Gasteiger partial charge in [-0.25, -0.2) is 0 Å². The van der Waals surface area contributed by atoms with Crippen molar-refractivity contribution in [2.75, 3.05) is 39.8 Å². The molecule has 2 aliphatic rings. The summed E-state index contributed by atoms with van der Waals surface area (Å²) in [7, 11) is 1.68. The summed E-state index contributed by atoms with van der Waals surface area (Å²) in [5, 5.41) is 0. The summed E-state index contributed by atoms with van der Waals surface area (Å²) in [6, 6.07) is 6.20. The normalized spacial score (nSPS) is 18.9. The van der Waals surface area contributed by atoms with Crippen molar-refractivity contribution in [2.45, 2.75) is 32.1 Å². The second-order valence-corrected chi connectivity index (χ2v) is 7.28. The van der Waals surface area contributed by atoms with E-state index in [-0.39, 0.29) is 17.7 Å². The van der Waals surface area contributed by atoms with Crippen LogP contribution in [0.3, 0.4) is 0 Å². The van der Waals surface area contributed by atoms with Gasteiger partial charge in [0.2, 0.25) is 11.8 Å². The number of fused-ring (bicyclic) bond motifs is 1. The number of hydrogen-bond acceptors (Lipinski definition) is 4. The van der Waals surface area contributed by atoms with E-state index in [4.69, 9.17) is 10.5 Å². The first kappa shape index (κ1) is 18.7. The molecule has 1 aromatic carbocycles. The van der Waals surface area contributed by atoms with E-state index in [1.807, 2.05) is 11.0 Å². The van der Waals surface area contributed by atoms with Crippen molar-refractivity contribution in [1.29, 1.82) is 0 Å². The number of amides is 2. The van der Waals surface area contributed by atoms with Crippen LogP contribution in [0, 0.1) is 5.92 Å². The van der Waals surface area contributed by atoms with Gasteiger partial charge >= 0.3 is 0 Å². The Hall–Kier alpha value is -2.08. The number of carbonyl (C=O) groups excluding carboxylic acids is 2. The Kier molecular flexibility index (Phi) is 6.14. The van der Waals surface area contributed by atoms with Gasteiger partial charge < -0.3 is 20.3 Å². The van der Waals surface area contributed by atoms with Crippen LogP contribution in [-0.2, 0) is 22.4 Å². The molecule has 6 nitrogen and oxygen atoms in total. The minimum Gasteiger partial charge on any atom is -0.497 e. The first-order valence-corrected chi connectivity index (χ1v) is 9.52. The van der Waals surface area contributed by atoms with Gasteiger partial charge in [-0.15, -0.1) is 0 Å². The standard InChI is InChI=1S/C20H29N3O3/c1-26-18-3-2-15-6-12-23(13-7-17(15)14-18)19(24)8-11-22-9-4-16(5-10-22)20(21)25/h2-3,14,16H,4-13H2,1H3,(H2,21,25). The Morgan fingerprint density at radius 1 is 1.12 bits per heavy atom. The number of hydrogen-bond donors (Lipinski definition) is 1. The smallest absolute Gasteiger partial charge is 0.223 e. The van der Waals surface area contributed by atoms with Crippen LogP contribution in [0.1, 0.15) is 30.4 Å². The third-order valence-electron chi connectivity index (χ3n) is 5.70. The second kappa shape index (κ2) is 8.54. The van der Waals surface area contributed by atoms with Crippen LogP contribution in [0.5, 0.6) is 5.75 Å². The summed E-state index contributed by atoms with van der Waals surface area (Å²) in [5.41, 5.74) is 7.98. The topological polar surface area (TPSA) is 75.9 Å². The molecule has 0 unspecified atom stereocenters. The number of nitrogens with zero attached hydrogens (tertiary/aromatic N) is 2. The molecule has 0 aromatic heterocycles. The number of carbonyl (C=O) groups is 2. The fourth-order valence-corrected chi connectivity index (χ4v) is 3.93. The summed E-state index contributed by atoms with van der Waals surface area (Å²) < 4.78 is 5.31. The van der Waals surface area contributed by atoms with E-state index >= 15 is 0 Å². The van der Waals surface area contributed by atoms with Crippen LogP contribution in [-0.4, -0.2) is 61.4 Å². The van der Waals surface area contributed by atoms with E-state index in [9.17, 15) is 9.59 Å². The number of piperidine rings is 1. The summed E-state index contributed by atoms with van der Waals surface area (Å²) in [5.74, 6) is 0.911. The summed E-state index contributed by atoms with van der Waals surface area (Å²) in [6.45, 7) is 4.02. The number of benzene rings is 1. The summed E-state index contributed by atoms with van der Waals surface area (Å²) in [4.78, 5) is 28.1. The maximum Gasteiger partial charge on any atom is 0.223 e. The summed E-state index contributed by atoms with van der Waals surface area (Å²) >= 11 is 0. The number of ether oxygens (including phenoxy) is 1. The van der Waals surface area contributed by atoms with Crippen LogP contribution in [0.4, 0.5) is 0 Å². The molecule has 0 radical (unpaired) electrons. The molecule has 3 rings (SSSR count). The number of rotatable bonds is 5. The zero-order valence-corrected chi connectivity index (χ0v) is 15.6. The largest absolute Gasteiger partial charge is 0.497 e. The van der Waals surface area contributed by atoms with E-state index in [1.165, 1.54) is 11.1 Å². The quantitative estimate of drug-likeness (QED) is 0.857. The molecule has 2 aliphatic heterocycles. The van der Waals surface area contributed by atoms with Crippen molar-refractivity contribution in [3.8, 4) is 5.75 Å². The number of nitrogens with two attached hydrogens (primary N) is 1. The van der Waals surface area contributed by atoms with Crippen LogP contribution in [0.15, 0.2) is 18.2 Å². The highest BCUT2D eigenvalue weighted by Gasteiger charge is 2.24. The highest BCUT2D eigenvalue weighted by molar-refractivity contribution is 5.77. The highest BCUT2D eigenvalue weighted by atomic mass is 16.5. The van der Waals surface area contributed by atoms with Gasteiger partial charge in [0.15, 0.2) is 0 Å². The number of likely N-dealkylation sites (tertiary alicyclic amines) is 1. The molecule has 1 saturated heterocycles. The molecule has 0 aliphatic carbocycles. The van der Waals surface area contributed by atoms with E-state index in [0.717, 1.165) is 64.2 Å². The predicted octanol–water partition coefficient (Wildman–Crippen LogP) is 1.21. The molecule has 2 N–H and O–H groups in total. The van der Waals surface area contributed by atoms with Crippen LogP contribution >= 0.6 is 0 Å². The fraction of sp³-hybridized carbons (Fsp3) is 0.600. The second-order valence-electron chi connectivity index (χ2n) is 7.28. The van der Waals surface area contributed by atoms with Gasteiger partial charge in [0.25, 0.3) is 0 Å². The Bertz CT molecular complexity index is 654. The first-order valence-electron chi connectivity index (χ1n) is 9.52. The average molecular weight is 359 g/mol. The molecule has 6 heteroatoms. The van der Waals surface area contributed by atoms with Gasteiger partial charge in [-0.3, -0.25) is 9.59 Å². The van der Waals surface area contributed by atoms with Crippen molar-refractivity contribution in [3.05, 3.63) is 29.3 Å². The molecule has 0 spiro atoms. The van der Waals surface area contributed by atoms with Crippen molar-refractivity contribution >= 4 is 11.8 Å². The molecular formula is C20H29N3O3. The molecule has 142 valence electrons. The molecule has 2 amide bonds. The SMILES string of the molecule is COc1ccc2c(c1)CCN(C(=O)CCN1CCC(C(N)=O)CC1)CC2. The Morgan fingerprint density at radius 3 is 2.46 bits per heavy atom. The van der Waals surface area contributed by atoms with E-state index in [2.05, 4.69) is 17.0 Å². The average Bonchev–Trinajstić information content (AvgIpc) is 2.88. The van der Waals surface area contributed by atoms with E-state index in [0.29, 0.717) is 6.42 Å². The maximum atomic E-state index is 12.6. The van der Waals surface area contributed by atoms with Crippen LogP contribution in [0.25, 0.3) is 0 Å². The lowest BCUT2D eigenvalue weighted by atomic mass is 9.96. The van der Waals surface area contributed by atoms with Gasteiger partial charge in [-0.1, -0.05) is 6.07 Å². The summed E-state index contributed by atoms with van der Waals surface area (Å²) in [6.07, 6.45) is 3.94. The number of primary amides is 1. The number of methoxy groups -OCH3 is 1. The van der Waals surface area contributed by atoms with Gasteiger partial charge in [0.05, 0.1) is 7.11 Å². The lowest BCUT2D eigenvalue weighted by Gasteiger charge is -2.31. The molecule has 0 bridgehead atoms. The van der Waals surface area contributed by atoms with E-state index < -0.39 is 0 Å². The van der Waals surface area contributed by atoms with E-state index in [1.54, 1.807) is 7.11 Å². The van der Waals surface area contributed by atoms with Crippen molar-refractivity contribution in [3.63, 3.8) is 0 Å². The lowest BCUT2D eigenvalue weighted by Crippen LogP contribution is -2.41. The zero-order chi connectivity index (χ0) is 18.5. The lowest BCUT2D eigenvalue weighted by molar-refractivity contribution is -0.131. The zero-order valence-electron chi connectivity index (χ0n) is 15.6. The maximum absolute atomic E-state index is 12.6. The third-order valence-corrected chi connectivity index (χ3v) is 5.70.